The molecule has 0 aliphatic heterocycles. The van der Waals surface area contributed by atoms with Gasteiger partial charge in [-0.3, -0.25) is 4.79 Å². The first-order valence-corrected chi connectivity index (χ1v) is 8.20. The van der Waals surface area contributed by atoms with Gasteiger partial charge >= 0.3 is 0 Å². The zero-order valence-corrected chi connectivity index (χ0v) is 12.0. The number of carbonyl (C=O) groups excluding carboxylic acids is 1. The summed E-state index contributed by atoms with van der Waals surface area (Å²) in [7, 11) is 0. The van der Waals surface area contributed by atoms with Crippen LogP contribution in [0.25, 0.3) is 0 Å². The fraction of sp³-hybridized carbons (Fsp3) is 0.667. The number of nitrogens with one attached hydrogen (secondary N) is 1. The number of carbonyl (C=O) groups is 1. The van der Waals surface area contributed by atoms with Crippen LogP contribution in [-0.2, 0) is 4.79 Å². The van der Waals surface area contributed by atoms with E-state index in [-0.39, 0.29) is 18.0 Å². The molecule has 4 heteroatoms. The molecule has 2 saturated carbocycles. The van der Waals surface area contributed by atoms with Crippen LogP contribution in [0.2, 0.25) is 0 Å². The standard InChI is InChI=1S/C15H22N2OS/c16-12-4-1-3-11(12)9-14(18)17-15(10-6-7-10)13-5-2-8-19-13/h2,5,8,10-12,15H,1,3-4,6-7,9,16H2,(H,17,18)/t11-,12+,15?/m0/s1. The Hall–Kier alpha value is -0.870. The zero-order valence-electron chi connectivity index (χ0n) is 11.2. The summed E-state index contributed by atoms with van der Waals surface area (Å²) in [5.74, 6) is 1.23. The van der Waals surface area contributed by atoms with Crippen molar-refractivity contribution in [2.24, 2.45) is 17.6 Å². The molecule has 1 unspecified atom stereocenters. The average molecular weight is 278 g/mol. The minimum Gasteiger partial charge on any atom is -0.348 e. The summed E-state index contributed by atoms with van der Waals surface area (Å²) >= 11 is 1.75. The first-order valence-electron chi connectivity index (χ1n) is 7.32. The lowest BCUT2D eigenvalue weighted by Gasteiger charge is -2.20. The van der Waals surface area contributed by atoms with Crippen molar-refractivity contribution >= 4 is 17.2 Å². The Morgan fingerprint density at radius 3 is 2.84 bits per heavy atom. The molecule has 104 valence electrons. The van der Waals surface area contributed by atoms with Crippen LogP contribution in [0.5, 0.6) is 0 Å². The third kappa shape index (κ3) is 3.18. The van der Waals surface area contributed by atoms with Crippen LogP contribution in [-0.4, -0.2) is 11.9 Å². The molecular formula is C15H22N2OS. The van der Waals surface area contributed by atoms with Crippen LogP contribution < -0.4 is 11.1 Å². The van der Waals surface area contributed by atoms with Gasteiger partial charge in [0.05, 0.1) is 6.04 Å². The minimum atomic E-state index is 0.188. The summed E-state index contributed by atoms with van der Waals surface area (Å²) in [6.07, 6.45) is 6.46. The van der Waals surface area contributed by atoms with Gasteiger partial charge in [-0.1, -0.05) is 12.5 Å². The maximum atomic E-state index is 12.2. The van der Waals surface area contributed by atoms with Gasteiger partial charge in [-0.15, -0.1) is 11.3 Å². The molecule has 0 spiro atoms. The highest BCUT2D eigenvalue weighted by molar-refractivity contribution is 7.10. The van der Waals surface area contributed by atoms with E-state index >= 15 is 0 Å². The highest BCUT2D eigenvalue weighted by atomic mass is 32.1. The molecule has 2 aliphatic rings. The molecular weight excluding hydrogens is 256 g/mol. The topological polar surface area (TPSA) is 55.1 Å². The molecule has 3 N–H and O–H groups in total. The molecule has 3 rings (SSSR count). The normalized spacial score (nSPS) is 28.3. The molecule has 0 radical (unpaired) electrons. The summed E-state index contributed by atoms with van der Waals surface area (Å²) in [5.41, 5.74) is 6.05. The Balaban J connectivity index is 1.58. The summed E-state index contributed by atoms with van der Waals surface area (Å²) in [5, 5.41) is 5.33. The maximum Gasteiger partial charge on any atom is 0.220 e. The SMILES string of the molecule is N[C@@H]1CCC[C@H]1CC(=O)NC(c1cccs1)C1CC1. The average Bonchev–Trinajstić information content (AvgIpc) is 2.93. The van der Waals surface area contributed by atoms with E-state index in [2.05, 4.69) is 22.8 Å². The van der Waals surface area contributed by atoms with Crippen LogP contribution in [0, 0.1) is 11.8 Å². The number of nitrogens with two attached hydrogens (primary N) is 1. The van der Waals surface area contributed by atoms with Crippen LogP contribution in [0.1, 0.15) is 49.4 Å². The molecule has 1 amide bonds. The number of hydrogen-bond donors (Lipinski definition) is 2. The molecule has 3 atom stereocenters. The minimum absolute atomic E-state index is 0.188. The lowest BCUT2D eigenvalue weighted by Crippen LogP contribution is -2.34. The third-order valence-electron chi connectivity index (χ3n) is 4.43. The summed E-state index contributed by atoms with van der Waals surface area (Å²) in [4.78, 5) is 13.5. The molecule has 3 nitrogen and oxygen atoms in total. The van der Waals surface area contributed by atoms with Crippen LogP contribution in [0.3, 0.4) is 0 Å². The van der Waals surface area contributed by atoms with E-state index in [9.17, 15) is 4.79 Å². The highest BCUT2D eigenvalue weighted by Gasteiger charge is 2.35. The van der Waals surface area contributed by atoms with Crippen molar-refractivity contribution in [1.82, 2.24) is 5.32 Å². The van der Waals surface area contributed by atoms with Gasteiger partial charge in [0.25, 0.3) is 0 Å². The summed E-state index contributed by atoms with van der Waals surface area (Å²) < 4.78 is 0. The van der Waals surface area contributed by atoms with Crippen molar-refractivity contribution < 1.29 is 4.79 Å². The largest absolute Gasteiger partial charge is 0.348 e. The van der Waals surface area contributed by atoms with Crippen molar-refractivity contribution in [2.75, 3.05) is 0 Å². The van der Waals surface area contributed by atoms with Crippen molar-refractivity contribution in [3.05, 3.63) is 22.4 Å². The Kier molecular flexibility index (Phi) is 3.89. The van der Waals surface area contributed by atoms with Crippen molar-refractivity contribution in [2.45, 2.75) is 50.6 Å². The zero-order chi connectivity index (χ0) is 13.2. The first kappa shape index (κ1) is 13.1. The predicted molar refractivity (Wildman–Crippen MR) is 77.9 cm³/mol. The molecule has 1 heterocycles. The van der Waals surface area contributed by atoms with Crippen LogP contribution in [0.4, 0.5) is 0 Å². The lowest BCUT2D eigenvalue weighted by molar-refractivity contribution is -0.123. The number of amides is 1. The number of rotatable bonds is 5. The van der Waals surface area contributed by atoms with E-state index in [1.165, 1.54) is 24.1 Å². The second kappa shape index (κ2) is 5.63. The van der Waals surface area contributed by atoms with Gasteiger partial charge in [-0.2, -0.15) is 0 Å². The Morgan fingerprint density at radius 2 is 2.26 bits per heavy atom. The summed E-state index contributed by atoms with van der Waals surface area (Å²) in [6, 6.07) is 4.67. The molecule has 2 aliphatic carbocycles. The van der Waals surface area contributed by atoms with E-state index in [1.807, 2.05) is 0 Å². The molecule has 1 aromatic heterocycles. The first-order chi connectivity index (χ1) is 9.24. The predicted octanol–water partition coefficient (Wildman–Crippen LogP) is 2.83. The molecule has 0 saturated heterocycles. The van der Waals surface area contributed by atoms with E-state index in [0.29, 0.717) is 18.3 Å². The molecule has 0 bridgehead atoms. The van der Waals surface area contributed by atoms with Gasteiger partial charge in [-0.25, -0.2) is 0 Å². The quantitative estimate of drug-likeness (QED) is 0.870. The third-order valence-corrected chi connectivity index (χ3v) is 5.38. The van der Waals surface area contributed by atoms with Gasteiger partial charge in [0.15, 0.2) is 0 Å². The monoisotopic (exact) mass is 278 g/mol. The fourth-order valence-corrected chi connectivity index (χ4v) is 3.98. The molecule has 19 heavy (non-hydrogen) atoms. The van der Waals surface area contributed by atoms with Gasteiger partial charge in [0.2, 0.25) is 5.91 Å². The van der Waals surface area contributed by atoms with Gasteiger partial charge in [0, 0.05) is 17.3 Å². The number of thiophene rings is 1. The van der Waals surface area contributed by atoms with Crippen molar-refractivity contribution in [3.8, 4) is 0 Å². The molecule has 1 aromatic rings. The molecule has 2 fully saturated rings. The second-order valence-electron chi connectivity index (χ2n) is 5.96. The van der Waals surface area contributed by atoms with Gasteiger partial charge < -0.3 is 11.1 Å². The summed E-state index contributed by atoms with van der Waals surface area (Å²) in [6.45, 7) is 0. The van der Waals surface area contributed by atoms with E-state index < -0.39 is 0 Å². The van der Waals surface area contributed by atoms with E-state index in [1.54, 1.807) is 11.3 Å². The lowest BCUT2D eigenvalue weighted by atomic mass is 9.99. The Morgan fingerprint density at radius 1 is 1.42 bits per heavy atom. The van der Waals surface area contributed by atoms with Gasteiger partial charge in [-0.05, 0) is 49.0 Å². The van der Waals surface area contributed by atoms with Crippen LogP contribution in [0.15, 0.2) is 17.5 Å². The Labute approximate surface area is 118 Å². The maximum absolute atomic E-state index is 12.2. The fourth-order valence-electron chi connectivity index (χ4n) is 3.11. The van der Waals surface area contributed by atoms with Crippen molar-refractivity contribution in [3.63, 3.8) is 0 Å². The Bertz CT molecular complexity index is 427. The smallest absolute Gasteiger partial charge is 0.220 e. The molecule has 0 aromatic carbocycles. The van der Waals surface area contributed by atoms with E-state index in [0.717, 1.165) is 12.8 Å². The van der Waals surface area contributed by atoms with Crippen LogP contribution >= 0.6 is 11.3 Å². The number of hydrogen-bond acceptors (Lipinski definition) is 3. The highest BCUT2D eigenvalue weighted by Crippen LogP contribution is 2.42. The second-order valence-corrected chi connectivity index (χ2v) is 6.94. The van der Waals surface area contributed by atoms with Crippen molar-refractivity contribution in [1.29, 1.82) is 0 Å². The van der Waals surface area contributed by atoms with E-state index in [4.69, 9.17) is 5.73 Å². The van der Waals surface area contributed by atoms with Gasteiger partial charge in [0.1, 0.15) is 0 Å².